The second-order valence-corrected chi connectivity index (χ2v) is 9.97. The summed E-state index contributed by atoms with van der Waals surface area (Å²) in [5.41, 5.74) is 4.74. The van der Waals surface area contributed by atoms with Crippen LogP contribution in [0.15, 0.2) is 18.2 Å². The maximum atomic E-state index is 13.0. The Morgan fingerprint density at radius 2 is 1.97 bits per heavy atom. The molecule has 1 amide bonds. The third-order valence-electron chi connectivity index (χ3n) is 8.28. The Bertz CT molecular complexity index is 1120. The van der Waals surface area contributed by atoms with E-state index in [1.54, 1.807) is 4.68 Å². The number of carboxylic acid groups (broad SMARTS) is 1. The first-order valence-electron chi connectivity index (χ1n) is 10.7. The molecule has 7 rings (SSSR count). The molecule has 2 bridgehead atoms. The lowest BCUT2D eigenvalue weighted by molar-refractivity contribution is -0.133. The van der Waals surface area contributed by atoms with Crippen molar-refractivity contribution in [1.29, 1.82) is 0 Å². The molecule has 7 heteroatoms. The molecule has 3 fully saturated rings. The smallest absolute Gasteiger partial charge is 0.356 e. The summed E-state index contributed by atoms with van der Waals surface area (Å²) in [5.74, 6) is 0.803. The minimum atomic E-state index is -0.981. The number of likely N-dealkylation sites (tertiary alicyclic amines) is 1. The van der Waals surface area contributed by atoms with Crippen molar-refractivity contribution in [3.8, 4) is 0 Å². The molecular weight excluding hydrogens is 402 g/mol. The molecule has 6 nitrogen and oxygen atoms in total. The van der Waals surface area contributed by atoms with Gasteiger partial charge in [-0.25, -0.2) is 4.79 Å². The molecular formula is C23H24ClN3O3. The molecule has 1 aromatic heterocycles. The molecule has 4 aliphatic carbocycles. The van der Waals surface area contributed by atoms with Gasteiger partial charge in [0.15, 0.2) is 5.69 Å². The zero-order valence-corrected chi connectivity index (χ0v) is 17.8. The quantitative estimate of drug-likeness (QED) is 0.808. The van der Waals surface area contributed by atoms with Gasteiger partial charge in [-0.3, -0.25) is 9.48 Å². The zero-order valence-electron chi connectivity index (χ0n) is 17.1. The molecule has 1 unspecified atom stereocenters. The van der Waals surface area contributed by atoms with Gasteiger partial charge in [0.2, 0.25) is 5.91 Å². The van der Waals surface area contributed by atoms with Gasteiger partial charge in [0, 0.05) is 35.3 Å². The fourth-order valence-electron chi connectivity index (χ4n) is 6.49. The Hall–Kier alpha value is -2.34. The molecule has 2 saturated carbocycles. The molecule has 1 aromatic carbocycles. The van der Waals surface area contributed by atoms with E-state index in [1.165, 1.54) is 5.56 Å². The van der Waals surface area contributed by atoms with Crippen molar-refractivity contribution in [2.45, 2.75) is 51.0 Å². The minimum absolute atomic E-state index is 0.0303. The standard InChI is InChI=1S/C23H24ClN3O3/c1-11-13(4-3-5-14(11)24)12-6-8-26(9-7-12)15(28)10-27-21-16(20(25-27)22(29)30)17-18-19(21)23(17,18)2/h3-5,12,17-19H,6-10H2,1-2H3,(H,29,30)/t17-,18-,19?,23-/m0/s1. The van der Waals surface area contributed by atoms with Crippen molar-refractivity contribution in [2.24, 2.45) is 11.3 Å². The third-order valence-corrected chi connectivity index (χ3v) is 8.69. The summed E-state index contributed by atoms with van der Waals surface area (Å²) < 4.78 is 1.70. The molecule has 0 radical (unpaired) electrons. The van der Waals surface area contributed by atoms with Crippen molar-refractivity contribution in [3.63, 3.8) is 0 Å². The average molecular weight is 426 g/mol. The number of halogens is 1. The van der Waals surface area contributed by atoms with Crippen molar-refractivity contribution in [2.75, 3.05) is 13.1 Å². The van der Waals surface area contributed by atoms with Crippen LogP contribution in [0.3, 0.4) is 0 Å². The normalized spacial score (nSPS) is 30.8. The SMILES string of the molecule is Cc1c(Cl)cccc1C1CCN(C(=O)Cn2nc(C(=O)O)c3c2C2[C@@H]4[C@H]3[C@]24C)CC1. The van der Waals surface area contributed by atoms with Crippen LogP contribution in [0.2, 0.25) is 5.02 Å². The van der Waals surface area contributed by atoms with Crippen LogP contribution in [0.1, 0.15) is 70.4 Å². The van der Waals surface area contributed by atoms with Gasteiger partial charge in [-0.05, 0) is 60.1 Å². The first-order chi connectivity index (χ1) is 14.3. The van der Waals surface area contributed by atoms with E-state index >= 15 is 0 Å². The second kappa shape index (κ2) is 5.88. The van der Waals surface area contributed by atoms with Crippen LogP contribution < -0.4 is 0 Å². The van der Waals surface area contributed by atoms with Gasteiger partial charge in [0.05, 0.1) is 0 Å². The summed E-state index contributed by atoms with van der Waals surface area (Å²) in [6.45, 7) is 5.84. The second-order valence-electron chi connectivity index (χ2n) is 9.57. The predicted octanol–water partition coefficient (Wildman–Crippen LogP) is 3.78. The monoisotopic (exact) mass is 425 g/mol. The Labute approximate surface area is 179 Å². The molecule has 30 heavy (non-hydrogen) atoms. The summed E-state index contributed by atoms with van der Waals surface area (Å²) >= 11 is 6.28. The first kappa shape index (κ1) is 18.4. The van der Waals surface area contributed by atoms with Crippen molar-refractivity contribution in [1.82, 2.24) is 14.7 Å². The van der Waals surface area contributed by atoms with Gasteiger partial charge in [-0.1, -0.05) is 30.7 Å². The Kier molecular flexibility index (Phi) is 3.61. The molecule has 2 aromatic rings. The van der Waals surface area contributed by atoms with Crippen LogP contribution in [0, 0.1) is 18.3 Å². The number of hydrogen-bond acceptors (Lipinski definition) is 3. The molecule has 2 heterocycles. The number of hydrogen-bond donors (Lipinski definition) is 1. The largest absolute Gasteiger partial charge is 0.476 e. The number of amides is 1. The lowest BCUT2D eigenvalue weighted by atomic mass is 9.87. The van der Waals surface area contributed by atoms with Gasteiger partial charge in [-0.2, -0.15) is 5.10 Å². The summed E-state index contributed by atoms with van der Waals surface area (Å²) in [7, 11) is 0. The van der Waals surface area contributed by atoms with Crippen LogP contribution in [-0.2, 0) is 11.3 Å². The number of carbonyl (C=O) groups excluding carboxylic acids is 1. The van der Waals surface area contributed by atoms with E-state index in [2.05, 4.69) is 25.0 Å². The number of carbonyl (C=O) groups is 2. The molecule has 1 N–H and O–H groups in total. The number of benzene rings is 1. The van der Waals surface area contributed by atoms with Crippen LogP contribution in [0.5, 0.6) is 0 Å². The lowest BCUT2D eigenvalue weighted by Gasteiger charge is -2.33. The van der Waals surface area contributed by atoms with E-state index in [0.717, 1.165) is 34.7 Å². The molecule has 0 spiro atoms. The molecule has 1 saturated heterocycles. The van der Waals surface area contributed by atoms with E-state index in [0.29, 0.717) is 36.8 Å². The number of aromatic carboxylic acids is 1. The maximum Gasteiger partial charge on any atom is 0.356 e. The van der Waals surface area contributed by atoms with Crippen LogP contribution in [0.25, 0.3) is 0 Å². The number of rotatable bonds is 4. The Balaban J connectivity index is 1.16. The van der Waals surface area contributed by atoms with Gasteiger partial charge in [0.25, 0.3) is 0 Å². The fraction of sp³-hybridized carbons (Fsp3) is 0.522. The number of piperidine rings is 1. The average Bonchev–Trinajstić information content (AvgIpc) is 3.27. The molecule has 5 aliphatic rings. The summed E-state index contributed by atoms with van der Waals surface area (Å²) in [6, 6.07) is 6.05. The fourth-order valence-corrected chi connectivity index (χ4v) is 6.67. The van der Waals surface area contributed by atoms with Gasteiger partial charge < -0.3 is 10.0 Å². The summed E-state index contributed by atoms with van der Waals surface area (Å²) in [6.07, 6.45) is 1.82. The van der Waals surface area contributed by atoms with Crippen molar-refractivity contribution in [3.05, 3.63) is 51.3 Å². The van der Waals surface area contributed by atoms with Gasteiger partial charge >= 0.3 is 5.97 Å². The summed E-state index contributed by atoms with van der Waals surface area (Å²) in [4.78, 5) is 26.6. The molecule has 1 aliphatic heterocycles. The van der Waals surface area contributed by atoms with Crippen molar-refractivity contribution < 1.29 is 14.7 Å². The topological polar surface area (TPSA) is 75.4 Å². The third kappa shape index (κ3) is 2.23. The number of nitrogens with zero attached hydrogens (tertiary/aromatic N) is 3. The highest BCUT2D eigenvalue weighted by molar-refractivity contribution is 6.31. The summed E-state index contributed by atoms with van der Waals surface area (Å²) in [5, 5.41) is 14.7. The van der Waals surface area contributed by atoms with E-state index in [4.69, 9.17) is 11.6 Å². The predicted molar refractivity (Wildman–Crippen MR) is 111 cm³/mol. The maximum absolute atomic E-state index is 13.0. The first-order valence-corrected chi connectivity index (χ1v) is 11.1. The van der Waals surface area contributed by atoms with Crippen molar-refractivity contribution >= 4 is 23.5 Å². The number of carboxylic acids is 1. The number of aromatic nitrogens is 2. The van der Waals surface area contributed by atoms with Gasteiger partial charge in [-0.15, -0.1) is 0 Å². The van der Waals surface area contributed by atoms with Crippen LogP contribution in [-0.4, -0.2) is 44.8 Å². The Morgan fingerprint density at radius 3 is 2.63 bits per heavy atom. The van der Waals surface area contributed by atoms with E-state index in [1.807, 2.05) is 17.0 Å². The van der Waals surface area contributed by atoms with Crippen LogP contribution >= 0.6 is 11.6 Å². The highest BCUT2D eigenvalue weighted by Crippen LogP contribution is 2.96. The lowest BCUT2D eigenvalue weighted by Crippen LogP contribution is -2.40. The highest BCUT2D eigenvalue weighted by Gasteiger charge is 2.90. The van der Waals surface area contributed by atoms with Gasteiger partial charge in [0.1, 0.15) is 6.54 Å². The molecule has 156 valence electrons. The zero-order chi connectivity index (χ0) is 20.9. The van der Waals surface area contributed by atoms with E-state index < -0.39 is 5.97 Å². The van der Waals surface area contributed by atoms with Crippen LogP contribution in [0.4, 0.5) is 0 Å². The Morgan fingerprint density at radius 1 is 1.27 bits per heavy atom. The molecule has 4 atom stereocenters. The van der Waals surface area contributed by atoms with E-state index in [9.17, 15) is 14.7 Å². The minimum Gasteiger partial charge on any atom is -0.476 e. The highest BCUT2D eigenvalue weighted by atomic mass is 35.5. The van der Waals surface area contributed by atoms with E-state index in [-0.39, 0.29) is 23.6 Å².